The highest BCUT2D eigenvalue weighted by molar-refractivity contribution is 6.40. The van der Waals surface area contributed by atoms with Crippen LogP contribution in [0.4, 0.5) is 0 Å². The number of hydrogen-bond acceptors (Lipinski definition) is 2. The Morgan fingerprint density at radius 1 is 1.13 bits per heavy atom. The second-order valence-corrected chi connectivity index (χ2v) is 4.12. The fourth-order valence-corrected chi connectivity index (χ4v) is 1.36. The molecular formula is C12H21ClO2. The predicted molar refractivity (Wildman–Crippen MR) is 63.9 cm³/mol. The van der Waals surface area contributed by atoms with E-state index < -0.39 is 5.97 Å². The Labute approximate surface area is 97.6 Å². The number of ether oxygens (including phenoxy) is 1. The normalized spacial score (nSPS) is 10.0. The van der Waals surface area contributed by atoms with E-state index in [0.717, 1.165) is 12.8 Å². The molecule has 0 saturated heterocycles. The van der Waals surface area contributed by atoms with Crippen LogP contribution in [-0.2, 0) is 9.53 Å². The summed E-state index contributed by atoms with van der Waals surface area (Å²) in [4.78, 5) is 10.9. The van der Waals surface area contributed by atoms with Crippen LogP contribution in [0, 0.1) is 0 Å². The standard InChI is InChI=1S/C12H21ClO2/c1-3-4-5-6-7-8-9-10-15-12(14)11(2)13/h2-10H2,1H3. The molecule has 15 heavy (non-hydrogen) atoms. The van der Waals surface area contributed by atoms with Crippen molar-refractivity contribution >= 4 is 17.6 Å². The fraction of sp³-hybridized carbons (Fsp3) is 0.750. The van der Waals surface area contributed by atoms with Crippen molar-refractivity contribution in [3.05, 3.63) is 11.6 Å². The van der Waals surface area contributed by atoms with Crippen LogP contribution in [0.2, 0.25) is 0 Å². The third-order valence-electron chi connectivity index (χ3n) is 2.20. The van der Waals surface area contributed by atoms with Gasteiger partial charge < -0.3 is 4.74 Å². The Balaban J connectivity index is 3.11. The van der Waals surface area contributed by atoms with E-state index in [1.165, 1.54) is 32.1 Å². The zero-order valence-electron chi connectivity index (χ0n) is 9.56. The molecule has 0 aliphatic carbocycles. The molecule has 0 bridgehead atoms. The molecule has 0 radical (unpaired) electrons. The van der Waals surface area contributed by atoms with Crippen LogP contribution >= 0.6 is 11.6 Å². The van der Waals surface area contributed by atoms with E-state index in [4.69, 9.17) is 16.3 Å². The molecule has 0 N–H and O–H groups in total. The highest BCUT2D eigenvalue weighted by Gasteiger charge is 2.03. The summed E-state index contributed by atoms with van der Waals surface area (Å²) in [5.74, 6) is -0.498. The summed E-state index contributed by atoms with van der Waals surface area (Å²) >= 11 is 5.36. The first-order valence-electron chi connectivity index (χ1n) is 5.70. The summed E-state index contributed by atoms with van der Waals surface area (Å²) in [7, 11) is 0. The molecular weight excluding hydrogens is 212 g/mol. The van der Waals surface area contributed by atoms with Crippen LogP contribution in [0.5, 0.6) is 0 Å². The molecule has 0 fully saturated rings. The van der Waals surface area contributed by atoms with Crippen molar-refractivity contribution < 1.29 is 9.53 Å². The van der Waals surface area contributed by atoms with Crippen LogP contribution in [0.3, 0.4) is 0 Å². The summed E-state index contributed by atoms with van der Waals surface area (Å²) in [6.45, 7) is 5.96. The van der Waals surface area contributed by atoms with Gasteiger partial charge in [0.25, 0.3) is 0 Å². The van der Waals surface area contributed by atoms with Gasteiger partial charge in [0.15, 0.2) is 0 Å². The molecule has 0 atom stereocenters. The summed E-state index contributed by atoms with van der Waals surface area (Å²) in [6.07, 6.45) is 8.45. The summed E-state index contributed by atoms with van der Waals surface area (Å²) < 4.78 is 4.86. The maximum absolute atomic E-state index is 10.9. The maximum atomic E-state index is 10.9. The molecule has 88 valence electrons. The van der Waals surface area contributed by atoms with Crippen LogP contribution < -0.4 is 0 Å². The Hall–Kier alpha value is -0.500. The highest BCUT2D eigenvalue weighted by Crippen LogP contribution is 2.07. The number of carbonyl (C=O) groups excluding carboxylic acids is 1. The Kier molecular flexibility index (Phi) is 9.70. The van der Waals surface area contributed by atoms with Gasteiger partial charge in [0, 0.05) is 0 Å². The van der Waals surface area contributed by atoms with Gasteiger partial charge in [0.1, 0.15) is 5.03 Å². The molecule has 0 aromatic heterocycles. The van der Waals surface area contributed by atoms with Gasteiger partial charge in [0.2, 0.25) is 0 Å². The van der Waals surface area contributed by atoms with Gasteiger partial charge in [-0.15, -0.1) is 0 Å². The lowest BCUT2D eigenvalue weighted by Crippen LogP contribution is -2.04. The van der Waals surface area contributed by atoms with Gasteiger partial charge >= 0.3 is 5.97 Å². The van der Waals surface area contributed by atoms with Gasteiger partial charge in [-0.05, 0) is 6.42 Å². The molecule has 3 heteroatoms. The minimum absolute atomic E-state index is 0.0436. The van der Waals surface area contributed by atoms with Crippen molar-refractivity contribution in [2.45, 2.75) is 51.9 Å². The smallest absolute Gasteiger partial charge is 0.349 e. The Morgan fingerprint density at radius 2 is 1.67 bits per heavy atom. The van der Waals surface area contributed by atoms with E-state index in [1.807, 2.05) is 0 Å². The minimum Gasteiger partial charge on any atom is -0.461 e. The second kappa shape index (κ2) is 10.0. The van der Waals surface area contributed by atoms with E-state index in [9.17, 15) is 4.79 Å². The average molecular weight is 233 g/mol. The van der Waals surface area contributed by atoms with E-state index in [-0.39, 0.29) is 5.03 Å². The van der Waals surface area contributed by atoms with Crippen LogP contribution in [0.25, 0.3) is 0 Å². The highest BCUT2D eigenvalue weighted by atomic mass is 35.5. The molecule has 0 rings (SSSR count). The van der Waals surface area contributed by atoms with Gasteiger partial charge in [-0.25, -0.2) is 4.79 Å². The molecule has 2 nitrogen and oxygen atoms in total. The Morgan fingerprint density at radius 3 is 2.20 bits per heavy atom. The molecule has 0 unspecified atom stereocenters. The molecule has 0 spiro atoms. The lowest BCUT2D eigenvalue weighted by Gasteiger charge is -2.03. The number of carbonyl (C=O) groups is 1. The minimum atomic E-state index is -0.498. The molecule has 0 aromatic carbocycles. The molecule has 0 saturated carbocycles. The molecule has 0 aromatic rings. The fourth-order valence-electron chi connectivity index (χ4n) is 1.30. The maximum Gasteiger partial charge on any atom is 0.349 e. The van der Waals surface area contributed by atoms with Crippen molar-refractivity contribution in [2.24, 2.45) is 0 Å². The number of rotatable bonds is 9. The van der Waals surface area contributed by atoms with Crippen molar-refractivity contribution in [1.82, 2.24) is 0 Å². The average Bonchev–Trinajstić information content (AvgIpc) is 2.21. The number of hydrogen-bond donors (Lipinski definition) is 0. The van der Waals surface area contributed by atoms with Crippen molar-refractivity contribution in [3.63, 3.8) is 0 Å². The quantitative estimate of drug-likeness (QED) is 0.341. The zero-order chi connectivity index (χ0) is 11.5. The SMILES string of the molecule is C=C(Cl)C(=O)OCCCCCCCCC. The third kappa shape index (κ3) is 9.80. The third-order valence-corrected chi connectivity index (χ3v) is 2.36. The summed E-state index contributed by atoms with van der Waals surface area (Å²) in [5, 5.41) is -0.0436. The lowest BCUT2D eigenvalue weighted by atomic mass is 10.1. The van der Waals surface area contributed by atoms with E-state index in [2.05, 4.69) is 13.5 Å². The van der Waals surface area contributed by atoms with Crippen molar-refractivity contribution in [2.75, 3.05) is 6.61 Å². The van der Waals surface area contributed by atoms with Crippen molar-refractivity contribution in [3.8, 4) is 0 Å². The zero-order valence-corrected chi connectivity index (χ0v) is 10.3. The predicted octanol–water partition coefficient (Wildman–Crippen LogP) is 4.03. The van der Waals surface area contributed by atoms with Gasteiger partial charge in [-0.2, -0.15) is 0 Å². The monoisotopic (exact) mass is 232 g/mol. The molecule has 0 heterocycles. The largest absolute Gasteiger partial charge is 0.461 e. The first kappa shape index (κ1) is 14.5. The Bertz CT molecular complexity index is 190. The van der Waals surface area contributed by atoms with E-state index in [1.54, 1.807) is 0 Å². The summed E-state index contributed by atoms with van der Waals surface area (Å²) in [6, 6.07) is 0. The van der Waals surface area contributed by atoms with Crippen LogP contribution in [0.15, 0.2) is 11.6 Å². The molecule has 0 amide bonds. The van der Waals surface area contributed by atoms with Gasteiger partial charge in [-0.1, -0.05) is 63.6 Å². The first-order valence-corrected chi connectivity index (χ1v) is 6.07. The van der Waals surface area contributed by atoms with Gasteiger partial charge in [-0.3, -0.25) is 0 Å². The first-order chi connectivity index (χ1) is 7.18. The van der Waals surface area contributed by atoms with Crippen LogP contribution in [0.1, 0.15) is 51.9 Å². The summed E-state index contributed by atoms with van der Waals surface area (Å²) in [5.41, 5.74) is 0. The van der Waals surface area contributed by atoms with Crippen LogP contribution in [-0.4, -0.2) is 12.6 Å². The van der Waals surface area contributed by atoms with Crippen molar-refractivity contribution in [1.29, 1.82) is 0 Å². The van der Waals surface area contributed by atoms with Gasteiger partial charge in [0.05, 0.1) is 6.61 Å². The lowest BCUT2D eigenvalue weighted by molar-refractivity contribution is -0.138. The van der Waals surface area contributed by atoms with E-state index in [0.29, 0.717) is 6.61 Å². The number of esters is 1. The number of halogens is 1. The molecule has 0 aliphatic rings. The topological polar surface area (TPSA) is 26.3 Å². The second-order valence-electron chi connectivity index (χ2n) is 3.66. The van der Waals surface area contributed by atoms with E-state index >= 15 is 0 Å². The number of unbranched alkanes of at least 4 members (excludes halogenated alkanes) is 6. The molecule has 0 aliphatic heterocycles.